The van der Waals surface area contributed by atoms with E-state index in [0.717, 1.165) is 0 Å². The molecule has 22 heavy (non-hydrogen) atoms. The predicted molar refractivity (Wildman–Crippen MR) is 63.7 cm³/mol. The Morgan fingerprint density at radius 1 is 0.909 bits per heavy atom. The Hall–Kier alpha value is -2.38. The molecule has 8 heteroatoms. The van der Waals surface area contributed by atoms with Crippen LogP contribution in [0.4, 0.5) is 26.3 Å². The van der Waals surface area contributed by atoms with Gasteiger partial charge in [-0.15, -0.1) is 0 Å². The number of para-hydroxylation sites is 1. The molecule has 0 saturated heterocycles. The maximum Gasteiger partial charge on any atom is 0.387 e. The third kappa shape index (κ3) is 3.44. The minimum atomic E-state index is -3.11. The van der Waals surface area contributed by atoms with Gasteiger partial charge < -0.3 is 9.47 Å². The van der Waals surface area contributed by atoms with Crippen LogP contribution in [-0.2, 0) is 6.61 Å². The van der Waals surface area contributed by atoms with Crippen molar-refractivity contribution >= 4 is 0 Å². The molecule has 0 bridgehead atoms. The van der Waals surface area contributed by atoms with Gasteiger partial charge in [-0.2, -0.15) is 17.6 Å². The molecule has 2 aromatic carbocycles. The first-order valence-electron chi connectivity index (χ1n) is 5.88. The van der Waals surface area contributed by atoms with Crippen molar-refractivity contribution in [1.82, 2.24) is 0 Å². The smallest absolute Gasteiger partial charge is 0.387 e. The van der Waals surface area contributed by atoms with Gasteiger partial charge in [0.1, 0.15) is 12.4 Å². The lowest BCUT2D eigenvalue weighted by atomic mass is 10.2. The summed E-state index contributed by atoms with van der Waals surface area (Å²) in [7, 11) is 0. The van der Waals surface area contributed by atoms with Gasteiger partial charge in [0.2, 0.25) is 11.6 Å². The summed E-state index contributed by atoms with van der Waals surface area (Å²) in [6.45, 7) is -3.74. The minimum Gasteiger partial charge on any atom is -0.483 e. The Morgan fingerprint density at radius 2 is 1.50 bits per heavy atom. The molecule has 0 fully saturated rings. The summed E-state index contributed by atoms with van der Waals surface area (Å²) in [6.07, 6.45) is 0. The molecule has 118 valence electrons. The molecule has 2 nitrogen and oxygen atoms in total. The van der Waals surface area contributed by atoms with E-state index in [0.29, 0.717) is 0 Å². The standard InChI is InChI=1S/C14H8F6O2/c15-8-5-9(16)12(18)13(11(8)17)21-6-7-3-1-2-4-10(7)22-14(19)20/h1-5,14H,6H2. The van der Waals surface area contributed by atoms with Crippen LogP contribution in [0, 0.1) is 23.3 Å². The SMILES string of the molecule is Fc1cc(F)c(F)c(OCc2ccccc2OC(F)F)c1F. The molecule has 0 heterocycles. The summed E-state index contributed by atoms with van der Waals surface area (Å²) < 4.78 is 86.1. The zero-order chi connectivity index (χ0) is 16.3. The molecule has 0 spiro atoms. The topological polar surface area (TPSA) is 18.5 Å². The average Bonchev–Trinajstić information content (AvgIpc) is 2.46. The normalized spacial score (nSPS) is 10.9. The number of rotatable bonds is 5. The van der Waals surface area contributed by atoms with Crippen molar-refractivity contribution in [3.8, 4) is 11.5 Å². The van der Waals surface area contributed by atoms with Crippen LogP contribution >= 0.6 is 0 Å². The molecule has 0 aliphatic carbocycles. The highest BCUT2D eigenvalue weighted by Crippen LogP contribution is 2.28. The number of benzene rings is 2. The molecule has 0 saturated carbocycles. The van der Waals surface area contributed by atoms with E-state index in [2.05, 4.69) is 9.47 Å². The minimum absolute atomic E-state index is 0.0197. The predicted octanol–water partition coefficient (Wildman–Crippen LogP) is 4.42. The fraction of sp³-hybridized carbons (Fsp3) is 0.143. The molecule has 0 aliphatic heterocycles. The van der Waals surface area contributed by atoms with Crippen molar-refractivity contribution in [3.63, 3.8) is 0 Å². The van der Waals surface area contributed by atoms with E-state index >= 15 is 0 Å². The molecule has 0 aliphatic rings. The van der Waals surface area contributed by atoms with Crippen molar-refractivity contribution in [2.45, 2.75) is 13.2 Å². The molecular weight excluding hydrogens is 314 g/mol. The third-order valence-electron chi connectivity index (χ3n) is 2.63. The molecule has 0 N–H and O–H groups in total. The van der Waals surface area contributed by atoms with Gasteiger partial charge in [-0.05, 0) is 6.07 Å². The molecule has 0 amide bonds. The van der Waals surface area contributed by atoms with E-state index in [1.54, 1.807) is 0 Å². The van der Waals surface area contributed by atoms with Gasteiger partial charge in [0, 0.05) is 11.6 Å². The van der Waals surface area contributed by atoms with Crippen LogP contribution in [0.5, 0.6) is 11.5 Å². The van der Waals surface area contributed by atoms with Crippen LogP contribution in [0.15, 0.2) is 30.3 Å². The van der Waals surface area contributed by atoms with Crippen LogP contribution in [0.3, 0.4) is 0 Å². The summed E-state index contributed by atoms with van der Waals surface area (Å²) in [5, 5.41) is 0. The van der Waals surface area contributed by atoms with Crippen LogP contribution in [0.1, 0.15) is 5.56 Å². The first-order valence-corrected chi connectivity index (χ1v) is 5.88. The Kier molecular flexibility index (Phi) is 4.79. The van der Waals surface area contributed by atoms with Gasteiger partial charge in [-0.1, -0.05) is 18.2 Å². The van der Waals surface area contributed by atoms with Crippen LogP contribution in [0.25, 0.3) is 0 Å². The fourth-order valence-corrected chi connectivity index (χ4v) is 1.66. The highest BCUT2D eigenvalue weighted by molar-refractivity contribution is 5.34. The lowest BCUT2D eigenvalue weighted by molar-refractivity contribution is -0.0508. The van der Waals surface area contributed by atoms with E-state index in [4.69, 9.17) is 0 Å². The molecule has 0 radical (unpaired) electrons. The fourth-order valence-electron chi connectivity index (χ4n) is 1.66. The highest BCUT2D eigenvalue weighted by Gasteiger charge is 2.21. The van der Waals surface area contributed by atoms with Crippen molar-refractivity contribution < 1.29 is 35.8 Å². The number of halogens is 6. The molecule has 0 atom stereocenters. The van der Waals surface area contributed by atoms with Gasteiger partial charge >= 0.3 is 6.61 Å². The molecule has 2 rings (SSSR count). The van der Waals surface area contributed by atoms with E-state index in [9.17, 15) is 26.3 Å². The lowest BCUT2D eigenvalue weighted by Crippen LogP contribution is -2.08. The second-order valence-electron chi connectivity index (χ2n) is 4.07. The number of hydrogen-bond donors (Lipinski definition) is 0. The summed E-state index contributed by atoms with van der Waals surface area (Å²) in [5.74, 6) is -8.26. The van der Waals surface area contributed by atoms with Crippen molar-refractivity contribution in [2.75, 3.05) is 0 Å². The maximum absolute atomic E-state index is 13.4. The third-order valence-corrected chi connectivity index (χ3v) is 2.63. The summed E-state index contributed by atoms with van der Waals surface area (Å²) in [6, 6.07) is 5.35. The monoisotopic (exact) mass is 322 g/mol. The van der Waals surface area contributed by atoms with E-state index in [1.807, 2.05) is 0 Å². The summed E-state index contributed by atoms with van der Waals surface area (Å²) >= 11 is 0. The van der Waals surface area contributed by atoms with Crippen LogP contribution in [0.2, 0.25) is 0 Å². The van der Waals surface area contributed by atoms with E-state index in [-0.39, 0.29) is 17.4 Å². The number of ether oxygens (including phenoxy) is 2. The largest absolute Gasteiger partial charge is 0.483 e. The lowest BCUT2D eigenvalue weighted by Gasteiger charge is -2.13. The van der Waals surface area contributed by atoms with Crippen molar-refractivity contribution in [1.29, 1.82) is 0 Å². The maximum atomic E-state index is 13.4. The van der Waals surface area contributed by atoms with Gasteiger partial charge in [-0.3, -0.25) is 0 Å². The molecule has 0 aromatic heterocycles. The average molecular weight is 322 g/mol. The summed E-state index contributed by atoms with van der Waals surface area (Å²) in [5.41, 5.74) is 0.0197. The van der Waals surface area contributed by atoms with Gasteiger partial charge in [0.15, 0.2) is 17.4 Å². The van der Waals surface area contributed by atoms with Crippen molar-refractivity contribution in [3.05, 3.63) is 59.2 Å². The van der Waals surface area contributed by atoms with E-state index in [1.165, 1.54) is 24.3 Å². The van der Waals surface area contributed by atoms with Crippen LogP contribution < -0.4 is 9.47 Å². The first kappa shape index (κ1) is 16.0. The Morgan fingerprint density at radius 3 is 2.09 bits per heavy atom. The second kappa shape index (κ2) is 6.59. The van der Waals surface area contributed by atoms with Crippen molar-refractivity contribution in [2.24, 2.45) is 0 Å². The van der Waals surface area contributed by atoms with Gasteiger partial charge in [0.25, 0.3) is 0 Å². The number of alkyl halides is 2. The second-order valence-corrected chi connectivity index (χ2v) is 4.07. The molecule has 0 unspecified atom stereocenters. The zero-order valence-corrected chi connectivity index (χ0v) is 10.8. The Labute approximate surface area is 120 Å². The van der Waals surface area contributed by atoms with Gasteiger partial charge in [-0.25, -0.2) is 8.78 Å². The summed E-state index contributed by atoms with van der Waals surface area (Å²) in [4.78, 5) is 0. The Balaban J connectivity index is 2.25. The number of hydrogen-bond acceptors (Lipinski definition) is 2. The van der Waals surface area contributed by atoms with E-state index < -0.39 is 42.2 Å². The Bertz CT molecular complexity index is 648. The quantitative estimate of drug-likeness (QED) is 0.599. The van der Waals surface area contributed by atoms with Gasteiger partial charge in [0.05, 0.1) is 0 Å². The first-order chi connectivity index (χ1) is 10.4. The zero-order valence-electron chi connectivity index (χ0n) is 10.8. The van der Waals surface area contributed by atoms with Crippen LogP contribution in [-0.4, -0.2) is 6.61 Å². The molecular formula is C14H8F6O2. The highest BCUT2D eigenvalue weighted by atomic mass is 19.3. The molecule has 2 aromatic rings.